The van der Waals surface area contributed by atoms with Gasteiger partial charge >= 0.3 is 6.09 Å². The number of hydrogen-bond acceptors (Lipinski definition) is 7. The number of oxime groups is 1. The molecule has 2 aliphatic heterocycles. The molecule has 0 radical (unpaired) electrons. The highest BCUT2D eigenvalue weighted by Crippen LogP contribution is 2.31. The number of pyridine rings is 1. The van der Waals surface area contributed by atoms with Crippen LogP contribution in [0.3, 0.4) is 0 Å². The summed E-state index contributed by atoms with van der Waals surface area (Å²) in [5.41, 5.74) is 2.42. The number of amides is 2. The van der Waals surface area contributed by atoms with Gasteiger partial charge in [-0.25, -0.2) is 4.79 Å². The standard InChI is InChI=1S/C28H40N4O5/c1-28(2,3)37-27(34)32-14-10-20(11-15-32)19-36-24-8-9-25(29-18-24)21-4-6-22(7-5-21)26(33)31-16-12-23(30-35)13-17-31/h4,8-9,18,20,22,35H,5-7,10-17,19H2,1-3H3. The lowest BCUT2D eigenvalue weighted by Gasteiger charge is -2.33. The summed E-state index contributed by atoms with van der Waals surface area (Å²) in [6.07, 6.45) is 9.16. The first-order chi connectivity index (χ1) is 17.7. The lowest BCUT2D eigenvalue weighted by molar-refractivity contribution is -0.135. The Hall–Kier alpha value is -3.10. The zero-order valence-electron chi connectivity index (χ0n) is 22.3. The van der Waals surface area contributed by atoms with Crippen molar-refractivity contribution in [1.29, 1.82) is 0 Å². The van der Waals surface area contributed by atoms with Gasteiger partial charge in [0.1, 0.15) is 11.4 Å². The van der Waals surface area contributed by atoms with Gasteiger partial charge in [-0.3, -0.25) is 9.78 Å². The minimum absolute atomic E-state index is 0.0145. The maximum absolute atomic E-state index is 12.9. The van der Waals surface area contributed by atoms with Crippen molar-refractivity contribution >= 4 is 23.3 Å². The van der Waals surface area contributed by atoms with Crippen LogP contribution >= 0.6 is 0 Å². The van der Waals surface area contributed by atoms with E-state index >= 15 is 0 Å². The van der Waals surface area contributed by atoms with Gasteiger partial charge in [0.25, 0.3) is 0 Å². The van der Waals surface area contributed by atoms with Crippen molar-refractivity contribution in [3.63, 3.8) is 0 Å². The Balaban J connectivity index is 1.20. The van der Waals surface area contributed by atoms with Crippen LogP contribution in [0, 0.1) is 11.8 Å². The molecular formula is C28H40N4O5. The van der Waals surface area contributed by atoms with E-state index in [9.17, 15) is 9.59 Å². The third-order valence-electron chi connectivity index (χ3n) is 7.37. The first kappa shape index (κ1) is 26.9. The number of aromatic nitrogens is 1. The molecule has 0 saturated carbocycles. The van der Waals surface area contributed by atoms with Crippen molar-refractivity contribution < 1.29 is 24.3 Å². The molecule has 3 aliphatic rings. The highest BCUT2D eigenvalue weighted by molar-refractivity contribution is 5.88. The first-order valence-electron chi connectivity index (χ1n) is 13.5. The molecule has 0 spiro atoms. The Morgan fingerprint density at radius 2 is 1.78 bits per heavy atom. The van der Waals surface area contributed by atoms with E-state index in [1.807, 2.05) is 37.8 Å². The van der Waals surface area contributed by atoms with E-state index in [2.05, 4.69) is 16.2 Å². The van der Waals surface area contributed by atoms with Crippen LogP contribution < -0.4 is 4.74 Å². The molecule has 1 aliphatic carbocycles. The van der Waals surface area contributed by atoms with Gasteiger partial charge in [0.2, 0.25) is 5.91 Å². The molecular weight excluding hydrogens is 472 g/mol. The van der Waals surface area contributed by atoms with Crippen molar-refractivity contribution in [3.8, 4) is 5.75 Å². The molecule has 0 bridgehead atoms. The summed E-state index contributed by atoms with van der Waals surface area (Å²) in [7, 11) is 0. The van der Waals surface area contributed by atoms with Crippen molar-refractivity contribution in [2.24, 2.45) is 17.0 Å². The minimum Gasteiger partial charge on any atom is -0.492 e. The molecule has 1 aromatic heterocycles. The summed E-state index contributed by atoms with van der Waals surface area (Å²) in [6.45, 7) is 8.91. The van der Waals surface area contributed by atoms with Crippen molar-refractivity contribution in [2.45, 2.75) is 71.3 Å². The fourth-order valence-corrected chi connectivity index (χ4v) is 5.11. The van der Waals surface area contributed by atoms with Crippen LogP contribution in [0.5, 0.6) is 5.75 Å². The number of nitrogens with zero attached hydrogens (tertiary/aromatic N) is 4. The fourth-order valence-electron chi connectivity index (χ4n) is 5.11. The van der Waals surface area contributed by atoms with Crippen LogP contribution in [-0.2, 0) is 9.53 Å². The van der Waals surface area contributed by atoms with Crippen molar-refractivity contribution in [2.75, 3.05) is 32.8 Å². The molecule has 1 atom stereocenters. The quantitative estimate of drug-likeness (QED) is 0.451. The van der Waals surface area contributed by atoms with Crippen LogP contribution in [0.15, 0.2) is 29.6 Å². The fraction of sp³-hybridized carbons (Fsp3) is 0.643. The van der Waals surface area contributed by atoms with E-state index in [1.165, 1.54) is 5.57 Å². The zero-order chi connectivity index (χ0) is 26.4. The molecule has 9 heteroatoms. The molecule has 0 aromatic carbocycles. The summed E-state index contributed by atoms with van der Waals surface area (Å²) in [6, 6.07) is 3.96. The van der Waals surface area contributed by atoms with Crippen LogP contribution in [0.25, 0.3) is 5.57 Å². The molecule has 1 aromatic rings. The molecule has 9 nitrogen and oxygen atoms in total. The second kappa shape index (κ2) is 12.0. The van der Waals surface area contributed by atoms with Crippen LogP contribution in [0.4, 0.5) is 4.79 Å². The third kappa shape index (κ3) is 7.46. The number of carbonyl (C=O) groups excluding carboxylic acids is 2. The number of carbonyl (C=O) groups is 2. The number of piperidine rings is 2. The van der Waals surface area contributed by atoms with Gasteiger partial charge in [-0.2, -0.15) is 0 Å². The SMILES string of the molecule is CC(C)(C)OC(=O)N1CCC(COc2ccc(C3=CCC(C(=O)N4CCC(=NO)CC4)CC3)nc2)CC1. The first-order valence-corrected chi connectivity index (χ1v) is 13.5. The minimum atomic E-state index is -0.474. The number of likely N-dealkylation sites (tertiary alicyclic amines) is 2. The summed E-state index contributed by atoms with van der Waals surface area (Å²) in [5.74, 6) is 1.37. The monoisotopic (exact) mass is 512 g/mol. The number of hydrogen-bond donors (Lipinski definition) is 1. The van der Waals surface area contributed by atoms with Gasteiger partial charge in [0.15, 0.2) is 0 Å². The maximum atomic E-state index is 12.9. The number of rotatable bonds is 5. The Morgan fingerprint density at radius 3 is 2.35 bits per heavy atom. The second-order valence-corrected chi connectivity index (χ2v) is 11.3. The van der Waals surface area contributed by atoms with Gasteiger partial charge in [0, 0.05) is 44.9 Å². The summed E-state index contributed by atoms with van der Waals surface area (Å²) >= 11 is 0. The molecule has 2 fully saturated rings. The van der Waals surface area contributed by atoms with Gasteiger partial charge in [-0.05, 0) is 76.5 Å². The Labute approximate surface area is 219 Å². The van der Waals surface area contributed by atoms with E-state index < -0.39 is 5.60 Å². The molecule has 2 saturated heterocycles. The molecule has 202 valence electrons. The topological polar surface area (TPSA) is 105 Å². The van der Waals surface area contributed by atoms with Crippen LogP contribution in [0.1, 0.15) is 71.4 Å². The lowest BCUT2D eigenvalue weighted by Crippen LogP contribution is -2.42. The van der Waals surface area contributed by atoms with E-state index in [-0.39, 0.29) is 17.9 Å². The summed E-state index contributed by atoms with van der Waals surface area (Å²) < 4.78 is 11.5. The highest BCUT2D eigenvalue weighted by Gasteiger charge is 2.29. The Morgan fingerprint density at radius 1 is 1.05 bits per heavy atom. The summed E-state index contributed by atoms with van der Waals surface area (Å²) in [4.78, 5) is 33.4. The maximum Gasteiger partial charge on any atom is 0.410 e. The molecule has 1 N–H and O–H groups in total. The smallest absolute Gasteiger partial charge is 0.410 e. The van der Waals surface area contributed by atoms with Crippen molar-refractivity contribution in [3.05, 3.63) is 30.1 Å². The van der Waals surface area contributed by atoms with E-state index in [0.717, 1.165) is 49.3 Å². The molecule has 1 unspecified atom stereocenters. The van der Waals surface area contributed by atoms with Crippen molar-refractivity contribution in [1.82, 2.24) is 14.8 Å². The van der Waals surface area contributed by atoms with Gasteiger partial charge in [-0.15, -0.1) is 0 Å². The second-order valence-electron chi connectivity index (χ2n) is 11.3. The van der Waals surface area contributed by atoms with Crippen LogP contribution in [-0.4, -0.2) is 76.1 Å². The van der Waals surface area contributed by atoms with Gasteiger partial charge in [-0.1, -0.05) is 11.2 Å². The average molecular weight is 513 g/mol. The predicted octanol–water partition coefficient (Wildman–Crippen LogP) is 4.74. The largest absolute Gasteiger partial charge is 0.492 e. The van der Waals surface area contributed by atoms with E-state index in [1.54, 1.807) is 11.1 Å². The number of allylic oxidation sites excluding steroid dienone is 2. The summed E-state index contributed by atoms with van der Waals surface area (Å²) in [5, 5.41) is 12.2. The van der Waals surface area contributed by atoms with Gasteiger partial charge in [0.05, 0.1) is 24.2 Å². The molecule has 4 rings (SSSR count). The lowest BCUT2D eigenvalue weighted by atomic mass is 9.87. The molecule has 2 amide bonds. The normalized spacial score (nSPS) is 21.3. The molecule has 3 heterocycles. The van der Waals surface area contributed by atoms with Gasteiger partial charge < -0.3 is 24.5 Å². The number of ether oxygens (including phenoxy) is 2. The zero-order valence-corrected chi connectivity index (χ0v) is 22.3. The van der Waals surface area contributed by atoms with E-state index in [0.29, 0.717) is 51.5 Å². The predicted molar refractivity (Wildman–Crippen MR) is 141 cm³/mol. The molecule has 37 heavy (non-hydrogen) atoms. The van der Waals surface area contributed by atoms with E-state index in [4.69, 9.17) is 14.7 Å². The average Bonchev–Trinajstić information content (AvgIpc) is 2.91. The van der Waals surface area contributed by atoms with Crippen LogP contribution in [0.2, 0.25) is 0 Å². The Kier molecular flexibility index (Phi) is 8.71. The Bertz CT molecular complexity index is 996. The third-order valence-corrected chi connectivity index (χ3v) is 7.37. The highest BCUT2D eigenvalue weighted by atomic mass is 16.6.